The molecule has 6 heteroatoms. The van der Waals surface area contributed by atoms with Crippen molar-refractivity contribution in [2.45, 2.75) is 26.0 Å². The summed E-state index contributed by atoms with van der Waals surface area (Å²) in [6, 6.07) is 0. The Bertz CT molecular complexity index is 371. The minimum Gasteiger partial charge on any atom is -0.394 e. The van der Waals surface area contributed by atoms with Gasteiger partial charge in [0, 0.05) is 26.2 Å². The Morgan fingerprint density at radius 3 is 3.05 bits per heavy atom. The molecule has 2 heterocycles. The smallest absolute Gasteiger partial charge is 0.144 e. The van der Waals surface area contributed by atoms with Gasteiger partial charge in [0.1, 0.15) is 5.82 Å². The molecule has 0 spiro atoms. The zero-order valence-electron chi connectivity index (χ0n) is 11.4. The van der Waals surface area contributed by atoms with Crippen molar-refractivity contribution in [3.63, 3.8) is 0 Å². The first-order valence-corrected chi connectivity index (χ1v) is 6.81. The zero-order chi connectivity index (χ0) is 13.5. The van der Waals surface area contributed by atoms with E-state index in [0.717, 1.165) is 44.1 Å². The van der Waals surface area contributed by atoms with E-state index in [0.29, 0.717) is 6.61 Å². The topological polar surface area (TPSA) is 70.5 Å². The second-order valence-electron chi connectivity index (χ2n) is 4.73. The minimum atomic E-state index is -0.0767. The molecular weight excluding hydrogens is 244 g/mol. The average molecular weight is 266 g/mol. The second kappa shape index (κ2) is 7.37. The summed E-state index contributed by atoms with van der Waals surface area (Å²) in [5.41, 5.74) is 0.945. The molecule has 0 radical (unpaired) electrons. The summed E-state index contributed by atoms with van der Waals surface area (Å²) < 4.78 is 5.42. The van der Waals surface area contributed by atoms with Gasteiger partial charge in [-0.1, -0.05) is 6.92 Å². The van der Waals surface area contributed by atoms with Crippen LogP contribution in [0, 0.1) is 0 Å². The van der Waals surface area contributed by atoms with Gasteiger partial charge in [0.2, 0.25) is 0 Å². The fraction of sp³-hybridized carbons (Fsp3) is 0.692. The molecule has 1 aliphatic heterocycles. The molecule has 1 saturated heterocycles. The molecule has 1 aromatic rings. The Hall–Kier alpha value is -1.24. The molecular formula is C13H22N4O2. The van der Waals surface area contributed by atoms with Crippen molar-refractivity contribution in [2.75, 3.05) is 38.2 Å². The highest BCUT2D eigenvalue weighted by atomic mass is 16.5. The number of morpholine rings is 1. The molecule has 106 valence electrons. The number of hydrogen-bond donors (Lipinski definition) is 2. The fourth-order valence-electron chi connectivity index (χ4n) is 2.04. The molecule has 0 saturated carbocycles. The van der Waals surface area contributed by atoms with Crippen LogP contribution in [0.2, 0.25) is 0 Å². The van der Waals surface area contributed by atoms with E-state index < -0.39 is 0 Å². The molecule has 19 heavy (non-hydrogen) atoms. The lowest BCUT2D eigenvalue weighted by molar-refractivity contribution is -0.0554. The molecule has 1 fully saturated rings. The summed E-state index contributed by atoms with van der Waals surface area (Å²) in [5, 5.41) is 12.3. The molecule has 1 aliphatic rings. The van der Waals surface area contributed by atoms with Gasteiger partial charge >= 0.3 is 0 Å². The van der Waals surface area contributed by atoms with Gasteiger partial charge in [-0.15, -0.1) is 0 Å². The molecule has 2 rings (SSSR count). The minimum absolute atomic E-state index is 0.0715. The highest BCUT2D eigenvalue weighted by Crippen LogP contribution is 2.09. The lowest BCUT2D eigenvalue weighted by Crippen LogP contribution is -2.43. The summed E-state index contributed by atoms with van der Waals surface area (Å²) in [7, 11) is 0. The molecule has 0 aromatic carbocycles. The zero-order valence-corrected chi connectivity index (χ0v) is 11.4. The molecule has 2 N–H and O–H groups in total. The van der Waals surface area contributed by atoms with Crippen molar-refractivity contribution in [3.8, 4) is 0 Å². The molecule has 1 unspecified atom stereocenters. The molecule has 6 nitrogen and oxygen atoms in total. The van der Waals surface area contributed by atoms with Crippen LogP contribution in [-0.2, 0) is 11.3 Å². The van der Waals surface area contributed by atoms with Crippen LogP contribution in [0.4, 0.5) is 5.82 Å². The molecule has 0 bridgehead atoms. The van der Waals surface area contributed by atoms with Gasteiger partial charge in [-0.2, -0.15) is 0 Å². The van der Waals surface area contributed by atoms with Crippen LogP contribution in [0.15, 0.2) is 12.4 Å². The van der Waals surface area contributed by atoms with Gasteiger partial charge in [0.15, 0.2) is 0 Å². The van der Waals surface area contributed by atoms with E-state index in [1.807, 2.05) is 0 Å². The van der Waals surface area contributed by atoms with Gasteiger partial charge in [-0.05, 0) is 6.42 Å². The normalized spacial score (nSPS) is 20.4. The monoisotopic (exact) mass is 266 g/mol. The second-order valence-corrected chi connectivity index (χ2v) is 4.73. The van der Waals surface area contributed by atoms with E-state index in [4.69, 9.17) is 9.84 Å². The Kier molecular flexibility index (Phi) is 5.50. The van der Waals surface area contributed by atoms with Crippen LogP contribution in [0.3, 0.4) is 0 Å². The lowest BCUT2D eigenvalue weighted by Gasteiger charge is -2.31. The largest absolute Gasteiger partial charge is 0.394 e. The number of hydrogen-bond acceptors (Lipinski definition) is 6. The first kappa shape index (κ1) is 14.2. The third-order valence-corrected chi connectivity index (χ3v) is 3.07. The molecule has 0 aliphatic carbocycles. The van der Waals surface area contributed by atoms with Gasteiger partial charge in [-0.25, -0.2) is 4.98 Å². The van der Waals surface area contributed by atoms with Crippen LogP contribution < -0.4 is 5.32 Å². The van der Waals surface area contributed by atoms with Crippen LogP contribution in [-0.4, -0.2) is 58.9 Å². The number of rotatable bonds is 6. The third kappa shape index (κ3) is 4.41. The summed E-state index contributed by atoms with van der Waals surface area (Å²) in [6.45, 7) is 6.13. The first-order chi connectivity index (χ1) is 9.31. The molecule has 0 amide bonds. The van der Waals surface area contributed by atoms with Crippen LogP contribution in [0.1, 0.15) is 19.0 Å². The Labute approximate surface area is 113 Å². The maximum atomic E-state index is 9.11. The average Bonchev–Trinajstić information content (AvgIpc) is 2.47. The number of nitrogens with zero attached hydrogens (tertiary/aromatic N) is 3. The van der Waals surface area contributed by atoms with Crippen molar-refractivity contribution >= 4 is 5.82 Å². The summed E-state index contributed by atoms with van der Waals surface area (Å²) in [5.74, 6) is 0.820. The number of anilines is 1. The van der Waals surface area contributed by atoms with E-state index in [-0.39, 0.29) is 12.7 Å². The number of aromatic nitrogens is 2. The molecule has 1 aromatic heterocycles. The maximum Gasteiger partial charge on any atom is 0.144 e. The quantitative estimate of drug-likeness (QED) is 0.781. The van der Waals surface area contributed by atoms with Crippen molar-refractivity contribution in [1.29, 1.82) is 0 Å². The summed E-state index contributed by atoms with van der Waals surface area (Å²) >= 11 is 0. The Balaban J connectivity index is 1.85. The Morgan fingerprint density at radius 1 is 1.47 bits per heavy atom. The highest BCUT2D eigenvalue weighted by Gasteiger charge is 2.19. The third-order valence-electron chi connectivity index (χ3n) is 3.07. The highest BCUT2D eigenvalue weighted by molar-refractivity contribution is 5.30. The maximum absolute atomic E-state index is 9.11. The van der Waals surface area contributed by atoms with Gasteiger partial charge in [-0.3, -0.25) is 9.88 Å². The van der Waals surface area contributed by atoms with Gasteiger partial charge in [0.05, 0.1) is 37.4 Å². The lowest BCUT2D eigenvalue weighted by atomic mass is 10.2. The van der Waals surface area contributed by atoms with Crippen LogP contribution in [0.25, 0.3) is 0 Å². The fourth-order valence-corrected chi connectivity index (χ4v) is 2.04. The number of ether oxygens (including phenoxy) is 1. The molecule has 1 atom stereocenters. The Morgan fingerprint density at radius 2 is 2.37 bits per heavy atom. The van der Waals surface area contributed by atoms with Gasteiger partial charge < -0.3 is 15.2 Å². The van der Waals surface area contributed by atoms with E-state index in [2.05, 4.69) is 27.1 Å². The summed E-state index contributed by atoms with van der Waals surface area (Å²) in [6.07, 6.45) is 4.57. The van der Waals surface area contributed by atoms with Crippen molar-refractivity contribution in [3.05, 3.63) is 18.1 Å². The van der Waals surface area contributed by atoms with E-state index in [1.54, 1.807) is 12.4 Å². The van der Waals surface area contributed by atoms with Crippen LogP contribution in [0.5, 0.6) is 0 Å². The summed E-state index contributed by atoms with van der Waals surface area (Å²) in [4.78, 5) is 11.0. The first-order valence-electron chi connectivity index (χ1n) is 6.81. The standard InChI is InChI=1S/C13H22N4O2/c1-2-3-14-13-7-15-11(6-16-13)8-17-4-5-19-12(9-17)10-18/h6-7,12,18H,2-5,8-10H2,1H3,(H,14,16). The predicted octanol–water partition coefficient (Wildman–Crippen LogP) is 0.492. The van der Waals surface area contributed by atoms with Gasteiger partial charge in [0.25, 0.3) is 0 Å². The SMILES string of the molecule is CCCNc1cnc(CN2CCOC(CO)C2)cn1. The number of aliphatic hydroxyl groups is 1. The van der Waals surface area contributed by atoms with E-state index in [1.165, 1.54) is 0 Å². The van der Waals surface area contributed by atoms with Crippen molar-refractivity contribution in [1.82, 2.24) is 14.9 Å². The van der Waals surface area contributed by atoms with Crippen molar-refractivity contribution < 1.29 is 9.84 Å². The van der Waals surface area contributed by atoms with E-state index in [9.17, 15) is 0 Å². The van der Waals surface area contributed by atoms with E-state index >= 15 is 0 Å². The van der Waals surface area contributed by atoms with Crippen molar-refractivity contribution in [2.24, 2.45) is 0 Å². The number of aliphatic hydroxyl groups excluding tert-OH is 1. The number of nitrogens with one attached hydrogen (secondary N) is 1. The van der Waals surface area contributed by atoms with Crippen LogP contribution >= 0.6 is 0 Å². The predicted molar refractivity (Wildman–Crippen MR) is 72.9 cm³/mol.